The minimum absolute atomic E-state index is 0.0615. The quantitative estimate of drug-likeness (QED) is 0.359. The molecule has 1 saturated heterocycles. The number of hydrazone groups is 2. The van der Waals surface area contributed by atoms with E-state index in [-0.39, 0.29) is 33.1 Å². The fourth-order valence-corrected chi connectivity index (χ4v) is 8.74. The summed E-state index contributed by atoms with van der Waals surface area (Å²) in [6.07, 6.45) is 3.17. The minimum atomic E-state index is -0.641. The van der Waals surface area contributed by atoms with Crippen LogP contribution in [0.5, 0.6) is 0 Å². The Morgan fingerprint density at radius 1 is 1.10 bits per heavy atom. The van der Waals surface area contributed by atoms with Gasteiger partial charge in [0.1, 0.15) is 16.6 Å². The number of non-ortho nitro benzene ring substituents is 1. The fraction of sp³-hybridized carbons (Fsp3) is 0.462. The Labute approximate surface area is 239 Å². The first kappa shape index (κ1) is 25.5. The summed E-state index contributed by atoms with van der Waals surface area (Å²) in [7, 11) is 0. The molecule has 5 atom stereocenters. The van der Waals surface area contributed by atoms with E-state index < -0.39 is 21.6 Å². The van der Waals surface area contributed by atoms with Crippen LogP contribution in [-0.2, 0) is 0 Å². The molecule has 208 valence electrons. The highest BCUT2D eigenvalue weighted by molar-refractivity contribution is 8.15. The summed E-state index contributed by atoms with van der Waals surface area (Å²) in [5.41, 5.74) is 7.16. The minimum Gasteiger partial charge on any atom is -0.285 e. The zero-order valence-corrected chi connectivity index (χ0v) is 23.6. The number of nitrogens with one attached hydrogen (secondary N) is 2. The maximum atomic E-state index is 12.1. The zero-order chi connectivity index (χ0) is 28.2. The van der Waals surface area contributed by atoms with Crippen LogP contribution in [0.15, 0.2) is 52.7 Å². The van der Waals surface area contributed by atoms with Crippen molar-refractivity contribution in [3.05, 3.63) is 73.3 Å². The lowest BCUT2D eigenvalue weighted by molar-refractivity contribution is -0.393. The lowest BCUT2D eigenvalue weighted by Gasteiger charge is -2.51. The Hall–Kier alpha value is -3.42. The van der Waals surface area contributed by atoms with E-state index in [2.05, 4.69) is 31.6 Å². The molecule has 2 saturated carbocycles. The first-order valence-corrected chi connectivity index (χ1v) is 14.4. The van der Waals surface area contributed by atoms with Gasteiger partial charge in [0, 0.05) is 16.5 Å². The Morgan fingerprint density at radius 3 is 2.48 bits per heavy atom. The Balaban J connectivity index is 1.33. The largest absolute Gasteiger partial charge is 0.301 e. The molecule has 2 aromatic carbocycles. The van der Waals surface area contributed by atoms with Gasteiger partial charge in [0.25, 0.3) is 5.69 Å². The lowest BCUT2D eigenvalue weighted by atomic mass is 9.66. The van der Waals surface area contributed by atoms with Crippen molar-refractivity contribution < 1.29 is 9.85 Å². The van der Waals surface area contributed by atoms with Crippen LogP contribution in [0.3, 0.4) is 0 Å². The van der Waals surface area contributed by atoms with E-state index >= 15 is 0 Å². The number of benzene rings is 2. The molecule has 2 aliphatic carbocycles. The first-order valence-electron chi connectivity index (χ1n) is 13.1. The number of halogens is 1. The van der Waals surface area contributed by atoms with E-state index in [1.807, 2.05) is 17.1 Å². The van der Waals surface area contributed by atoms with E-state index in [4.69, 9.17) is 21.8 Å². The SMILES string of the molecule is CC1(C)[C@@H]2CC[C@@]1(C)C1(C2)NN=C2SC3C(=NN(c4ccc([N+](=O)[O-])cc4[N+](=O)[O-])C3c3ccc(Cl)cc3)N2N1. The monoisotopic (exact) mass is 582 g/mol. The molecule has 3 heterocycles. The molecule has 1 spiro atoms. The van der Waals surface area contributed by atoms with Crippen molar-refractivity contribution in [2.24, 2.45) is 27.0 Å². The second kappa shape index (κ2) is 8.30. The maximum Gasteiger partial charge on any atom is 0.301 e. The first-order chi connectivity index (χ1) is 19.0. The third-order valence-corrected chi connectivity index (χ3v) is 11.5. The smallest absolute Gasteiger partial charge is 0.285 e. The summed E-state index contributed by atoms with van der Waals surface area (Å²) >= 11 is 7.71. The Morgan fingerprint density at radius 2 is 1.85 bits per heavy atom. The molecule has 0 amide bonds. The number of hydrazine groups is 1. The van der Waals surface area contributed by atoms with Crippen molar-refractivity contribution in [1.82, 2.24) is 15.9 Å². The predicted octanol–water partition coefficient (Wildman–Crippen LogP) is 5.37. The molecule has 2 N–H and O–H groups in total. The van der Waals surface area contributed by atoms with E-state index in [1.54, 1.807) is 17.1 Å². The highest BCUT2D eigenvalue weighted by atomic mass is 35.5. The maximum absolute atomic E-state index is 12.1. The van der Waals surface area contributed by atoms with Crippen LogP contribution in [0, 0.1) is 37.0 Å². The number of rotatable bonds is 4. The van der Waals surface area contributed by atoms with Crippen LogP contribution >= 0.6 is 23.4 Å². The van der Waals surface area contributed by atoms with E-state index in [9.17, 15) is 20.2 Å². The second-order valence-electron chi connectivity index (χ2n) is 11.9. The normalized spacial score (nSPS) is 33.0. The number of thioether (sulfide) groups is 1. The Bertz CT molecular complexity index is 1530. The van der Waals surface area contributed by atoms with Gasteiger partial charge in [-0.2, -0.15) is 15.6 Å². The molecular weight excluding hydrogens is 556 g/mol. The number of amidine groups is 2. The van der Waals surface area contributed by atoms with Crippen LogP contribution in [0.1, 0.15) is 51.6 Å². The van der Waals surface area contributed by atoms with Crippen LogP contribution < -0.4 is 15.9 Å². The molecule has 0 radical (unpaired) electrons. The highest BCUT2D eigenvalue weighted by Crippen LogP contribution is 2.69. The van der Waals surface area contributed by atoms with Gasteiger partial charge in [-0.15, -0.1) is 0 Å². The van der Waals surface area contributed by atoms with Crippen molar-refractivity contribution in [2.75, 3.05) is 5.01 Å². The number of nitro benzene ring substituents is 2. The third-order valence-electron chi connectivity index (χ3n) is 10.1. The average Bonchev–Trinajstić information content (AvgIpc) is 3.56. The number of nitrogens with zero attached hydrogens (tertiary/aromatic N) is 6. The van der Waals surface area contributed by atoms with Crippen molar-refractivity contribution >= 4 is 51.4 Å². The van der Waals surface area contributed by atoms with Gasteiger partial charge >= 0.3 is 5.69 Å². The molecule has 7 rings (SSSR count). The molecular formula is C26H27ClN8O4S. The molecule has 3 unspecified atom stereocenters. The van der Waals surface area contributed by atoms with Gasteiger partial charge in [-0.05, 0) is 54.4 Å². The van der Waals surface area contributed by atoms with Crippen LogP contribution in [0.25, 0.3) is 0 Å². The standard InChI is InChI=1S/C26H27ClN8O4S/c1-24(2)15-10-11-25(24,3)26(13-15)30-28-23-33(31-26)22-21(40-23)20(14-4-6-16(27)7-5-14)32(29-22)18-9-8-17(34(36)37)12-19(18)35(38)39/h4-9,12,15,20-21,30-31H,10-11,13H2,1-3H3/t15-,20?,21?,25-,26?/m1/s1. The molecule has 40 heavy (non-hydrogen) atoms. The molecule has 2 aromatic rings. The fourth-order valence-electron chi connectivity index (χ4n) is 7.39. The second-order valence-corrected chi connectivity index (χ2v) is 13.4. The van der Waals surface area contributed by atoms with Gasteiger partial charge < -0.3 is 0 Å². The van der Waals surface area contributed by atoms with Crippen molar-refractivity contribution in [2.45, 2.75) is 57.0 Å². The van der Waals surface area contributed by atoms with Gasteiger partial charge in [-0.3, -0.25) is 25.7 Å². The molecule has 2 bridgehead atoms. The van der Waals surface area contributed by atoms with Crippen LogP contribution in [0.2, 0.25) is 5.02 Å². The summed E-state index contributed by atoms with van der Waals surface area (Å²) in [5.74, 6) is 1.23. The van der Waals surface area contributed by atoms with Gasteiger partial charge in [0.15, 0.2) is 5.84 Å². The number of hydrogen-bond acceptors (Lipinski definition) is 11. The third kappa shape index (κ3) is 3.25. The van der Waals surface area contributed by atoms with E-state index in [1.165, 1.54) is 30.3 Å². The van der Waals surface area contributed by atoms with Crippen LogP contribution in [0.4, 0.5) is 17.1 Å². The summed E-state index contributed by atoms with van der Waals surface area (Å²) in [6, 6.07) is 10.5. The summed E-state index contributed by atoms with van der Waals surface area (Å²) in [4.78, 5) is 22.2. The molecule has 0 aromatic heterocycles. The zero-order valence-electron chi connectivity index (χ0n) is 22.0. The molecule has 3 aliphatic heterocycles. The van der Waals surface area contributed by atoms with E-state index in [0.717, 1.165) is 29.6 Å². The van der Waals surface area contributed by atoms with Crippen molar-refractivity contribution in [3.63, 3.8) is 0 Å². The number of nitro groups is 2. The lowest BCUT2D eigenvalue weighted by Crippen LogP contribution is -2.72. The van der Waals surface area contributed by atoms with E-state index in [0.29, 0.717) is 16.8 Å². The molecule has 14 heteroatoms. The molecule has 5 aliphatic rings. The van der Waals surface area contributed by atoms with Crippen molar-refractivity contribution in [3.8, 4) is 0 Å². The Kier molecular flexibility index (Phi) is 5.30. The van der Waals surface area contributed by atoms with Gasteiger partial charge in [0.05, 0.1) is 22.0 Å². The average molecular weight is 583 g/mol. The predicted molar refractivity (Wildman–Crippen MR) is 153 cm³/mol. The van der Waals surface area contributed by atoms with Gasteiger partial charge in [-0.25, -0.2) is 10.0 Å². The number of fused-ring (bicyclic) bond motifs is 6. The summed E-state index contributed by atoms with van der Waals surface area (Å²) in [6.45, 7) is 6.99. The van der Waals surface area contributed by atoms with Crippen LogP contribution in [-0.4, -0.2) is 36.8 Å². The molecule has 3 fully saturated rings. The highest BCUT2D eigenvalue weighted by Gasteiger charge is 2.71. The summed E-state index contributed by atoms with van der Waals surface area (Å²) in [5, 5.41) is 37.9. The molecule has 12 nitrogen and oxygen atoms in total. The van der Waals surface area contributed by atoms with Gasteiger partial charge in [0.2, 0.25) is 5.17 Å². The summed E-state index contributed by atoms with van der Waals surface area (Å²) < 4.78 is 0. The number of anilines is 1. The topological polar surface area (TPSA) is 142 Å². The van der Waals surface area contributed by atoms with Crippen molar-refractivity contribution in [1.29, 1.82) is 0 Å². The van der Waals surface area contributed by atoms with Gasteiger partial charge in [-0.1, -0.05) is 56.3 Å². The number of hydrogen-bond donors (Lipinski definition) is 2.